The number of rotatable bonds is 1. The van der Waals surface area contributed by atoms with Crippen LogP contribution in [0.25, 0.3) is 0 Å². The lowest BCUT2D eigenvalue weighted by Crippen LogP contribution is -2.36. The fourth-order valence-corrected chi connectivity index (χ4v) is 2.10. The van der Waals surface area contributed by atoms with E-state index in [-0.39, 0.29) is 37.0 Å². The summed E-state index contributed by atoms with van der Waals surface area (Å²) in [5, 5.41) is 4.30. The Morgan fingerprint density at radius 2 is 1.94 bits per heavy atom. The minimum Gasteiger partial charge on any atom is -0.371 e. The Morgan fingerprint density at radius 3 is 2.61 bits per heavy atom. The van der Waals surface area contributed by atoms with Crippen LogP contribution in [0.3, 0.4) is 0 Å². The molecule has 0 spiro atoms. The van der Waals surface area contributed by atoms with Crippen molar-refractivity contribution in [2.45, 2.75) is 12.1 Å². The van der Waals surface area contributed by atoms with E-state index >= 15 is 0 Å². The molecule has 1 fully saturated rings. The quantitative estimate of drug-likeness (QED) is 0.830. The highest BCUT2D eigenvalue weighted by Gasteiger charge is 2.23. The smallest absolute Gasteiger partial charge is 0.0989 e. The first-order valence-electron chi connectivity index (χ1n) is 5.21. The zero-order chi connectivity index (χ0) is 11.5. The summed E-state index contributed by atoms with van der Waals surface area (Å²) in [7, 11) is 0. The van der Waals surface area contributed by atoms with E-state index in [0.717, 1.165) is 18.7 Å². The van der Waals surface area contributed by atoms with Gasteiger partial charge in [-0.3, -0.25) is 0 Å². The molecule has 1 aliphatic heterocycles. The van der Waals surface area contributed by atoms with E-state index in [1.54, 1.807) is 6.07 Å². The molecule has 0 aromatic heterocycles. The lowest BCUT2D eigenvalue weighted by atomic mass is 10.0. The molecule has 18 heavy (non-hydrogen) atoms. The van der Waals surface area contributed by atoms with E-state index in [1.807, 2.05) is 12.1 Å². The first-order valence-corrected chi connectivity index (χ1v) is 5.97. The molecule has 0 bridgehead atoms. The molecule has 2 atom stereocenters. The summed E-state index contributed by atoms with van der Waals surface area (Å²) in [6.07, 6.45) is -0.121. The lowest BCUT2D eigenvalue weighted by Gasteiger charge is -2.21. The van der Waals surface area contributed by atoms with Crippen molar-refractivity contribution in [2.75, 3.05) is 19.7 Å². The van der Waals surface area contributed by atoms with Gasteiger partial charge in [-0.2, -0.15) is 0 Å². The van der Waals surface area contributed by atoms with Gasteiger partial charge in [0.05, 0.1) is 22.8 Å². The second-order valence-electron chi connectivity index (χ2n) is 3.83. The van der Waals surface area contributed by atoms with E-state index in [4.69, 9.17) is 33.7 Å². The Kier molecular flexibility index (Phi) is 8.56. The second-order valence-corrected chi connectivity index (χ2v) is 4.65. The van der Waals surface area contributed by atoms with Crippen molar-refractivity contribution >= 4 is 48.0 Å². The van der Waals surface area contributed by atoms with Crippen molar-refractivity contribution in [3.63, 3.8) is 0 Å². The maximum Gasteiger partial charge on any atom is 0.0989 e. The molecular weight excluding hydrogens is 318 g/mol. The molecule has 1 aromatic carbocycles. The molecule has 0 saturated carbocycles. The highest BCUT2D eigenvalue weighted by Crippen LogP contribution is 2.28. The Balaban J connectivity index is 0.00000144. The van der Waals surface area contributed by atoms with Crippen molar-refractivity contribution in [1.29, 1.82) is 0 Å². The molecule has 0 amide bonds. The van der Waals surface area contributed by atoms with Crippen LogP contribution in [0.1, 0.15) is 11.7 Å². The Labute approximate surface area is 129 Å². The molecular formula is C11H16Cl4N2O. The van der Waals surface area contributed by atoms with Gasteiger partial charge in [0.2, 0.25) is 0 Å². The van der Waals surface area contributed by atoms with Gasteiger partial charge in [-0.15, -0.1) is 24.8 Å². The SMILES string of the molecule is Cl.Cl.N[C@@H]1CNCCO[C@H]1c1ccc(Cl)c(Cl)c1. The molecule has 1 saturated heterocycles. The predicted octanol–water partition coefficient (Wildman–Crippen LogP) is 2.83. The van der Waals surface area contributed by atoms with Crippen LogP contribution >= 0.6 is 48.0 Å². The van der Waals surface area contributed by atoms with Gasteiger partial charge in [0.25, 0.3) is 0 Å². The van der Waals surface area contributed by atoms with Crippen molar-refractivity contribution < 1.29 is 4.74 Å². The molecule has 2 rings (SSSR count). The number of hydrogen-bond donors (Lipinski definition) is 2. The fourth-order valence-electron chi connectivity index (χ4n) is 1.79. The summed E-state index contributed by atoms with van der Waals surface area (Å²) >= 11 is 11.8. The normalized spacial score (nSPS) is 23.5. The fraction of sp³-hybridized carbons (Fsp3) is 0.455. The first kappa shape index (κ1) is 18.3. The van der Waals surface area contributed by atoms with Gasteiger partial charge in [0.1, 0.15) is 0 Å². The number of halogens is 4. The predicted molar refractivity (Wildman–Crippen MR) is 80.5 cm³/mol. The largest absolute Gasteiger partial charge is 0.371 e. The van der Waals surface area contributed by atoms with Gasteiger partial charge >= 0.3 is 0 Å². The van der Waals surface area contributed by atoms with Gasteiger partial charge < -0.3 is 15.8 Å². The molecule has 104 valence electrons. The Morgan fingerprint density at radius 1 is 1.22 bits per heavy atom. The summed E-state index contributed by atoms with van der Waals surface area (Å²) < 4.78 is 5.71. The first-order chi connectivity index (χ1) is 7.68. The van der Waals surface area contributed by atoms with E-state index in [1.165, 1.54) is 0 Å². The number of benzene rings is 1. The average Bonchev–Trinajstić information content (AvgIpc) is 2.47. The number of hydrogen-bond acceptors (Lipinski definition) is 3. The van der Waals surface area contributed by atoms with Crippen LogP contribution in [0.2, 0.25) is 10.0 Å². The average molecular weight is 334 g/mol. The van der Waals surface area contributed by atoms with Crippen molar-refractivity contribution in [1.82, 2.24) is 5.32 Å². The maximum absolute atomic E-state index is 6.04. The molecule has 1 aromatic rings. The molecule has 0 radical (unpaired) electrons. The number of nitrogens with two attached hydrogens (primary N) is 1. The van der Waals surface area contributed by atoms with Crippen LogP contribution in [0.15, 0.2) is 18.2 Å². The van der Waals surface area contributed by atoms with Gasteiger partial charge in [0, 0.05) is 19.1 Å². The van der Waals surface area contributed by atoms with E-state index < -0.39 is 0 Å². The van der Waals surface area contributed by atoms with E-state index in [0.29, 0.717) is 16.7 Å². The molecule has 1 aliphatic rings. The van der Waals surface area contributed by atoms with Crippen molar-refractivity contribution in [2.24, 2.45) is 5.73 Å². The minimum atomic E-state index is -0.121. The molecule has 3 N–H and O–H groups in total. The van der Waals surface area contributed by atoms with Crippen LogP contribution < -0.4 is 11.1 Å². The second kappa shape index (κ2) is 8.43. The van der Waals surface area contributed by atoms with Crippen LogP contribution in [-0.2, 0) is 4.74 Å². The molecule has 3 nitrogen and oxygen atoms in total. The summed E-state index contributed by atoms with van der Waals surface area (Å²) in [4.78, 5) is 0. The van der Waals surface area contributed by atoms with Crippen LogP contribution in [0.4, 0.5) is 0 Å². The summed E-state index contributed by atoms with van der Waals surface area (Å²) in [6, 6.07) is 5.43. The molecule has 7 heteroatoms. The highest BCUT2D eigenvalue weighted by atomic mass is 35.5. The van der Waals surface area contributed by atoms with E-state index in [2.05, 4.69) is 5.32 Å². The van der Waals surface area contributed by atoms with Gasteiger partial charge in [-0.25, -0.2) is 0 Å². The topological polar surface area (TPSA) is 47.3 Å². The monoisotopic (exact) mass is 332 g/mol. The Hall–Kier alpha value is 0.260. The van der Waals surface area contributed by atoms with Gasteiger partial charge in [-0.05, 0) is 17.7 Å². The summed E-state index contributed by atoms with van der Waals surface area (Å²) in [6.45, 7) is 2.22. The van der Waals surface area contributed by atoms with Crippen LogP contribution in [0.5, 0.6) is 0 Å². The Bertz CT molecular complexity index is 378. The molecule has 0 aliphatic carbocycles. The van der Waals surface area contributed by atoms with Gasteiger partial charge in [-0.1, -0.05) is 29.3 Å². The zero-order valence-corrected chi connectivity index (χ0v) is 12.7. The number of ether oxygens (including phenoxy) is 1. The van der Waals surface area contributed by atoms with Gasteiger partial charge in [0.15, 0.2) is 0 Å². The third kappa shape index (κ3) is 4.42. The summed E-state index contributed by atoms with van der Waals surface area (Å²) in [5.41, 5.74) is 7.01. The number of nitrogens with one attached hydrogen (secondary N) is 1. The summed E-state index contributed by atoms with van der Waals surface area (Å²) in [5.74, 6) is 0. The third-order valence-electron chi connectivity index (χ3n) is 2.62. The van der Waals surface area contributed by atoms with Crippen molar-refractivity contribution in [3.05, 3.63) is 33.8 Å². The molecule has 0 unspecified atom stereocenters. The van der Waals surface area contributed by atoms with Crippen LogP contribution in [-0.4, -0.2) is 25.7 Å². The highest BCUT2D eigenvalue weighted by molar-refractivity contribution is 6.42. The standard InChI is InChI=1S/C11H14Cl2N2O.2ClH/c12-8-2-1-7(5-9(8)13)11-10(14)6-15-3-4-16-11;;/h1-2,5,10-11,15H,3-4,6,14H2;2*1H/t10-,11+;;/m1../s1. The molecule has 1 heterocycles. The lowest BCUT2D eigenvalue weighted by molar-refractivity contribution is 0.0531. The van der Waals surface area contributed by atoms with Crippen LogP contribution in [0, 0.1) is 0 Å². The third-order valence-corrected chi connectivity index (χ3v) is 3.36. The van der Waals surface area contributed by atoms with E-state index in [9.17, 15) is 0 Å². The minimum absolute atomic E-state index is 0. The maximum atomic E-state index is 6.04. The van der Waals surface area contributed by atoms with Crippen molar-refractivity contribution in [3.8, 4) is 0 Å². The zero-order valence-electron chi connectivity index (χ0n) is 9.57.